The fourth-order valence-corrected chi connectivity index (χ4v) is 3.46. The molecule has 1 N–H and O–H groups in total. The summed E-state index contributed by atoms with van der Waals surface area (Å²) >= 11 is 1.57. The molecule has 0 fully saturated rings. The predicted molar refractivity (Wildman–Crippen MR) is 98.5 cm³/mol. The molecular formula is C18H21N4OS+. The molecule has 3 aromatic rings. The third-order valence-corrected chi connectivity index (χ3v) is 5.16. The SMILES string of the molecule is CCN(C)c1ccc(N=Nc2sc3cc(CO)ccc3[n+]2C)cc1. The standard InChI is InChI=1S/C18H21N4OS/c1-4-21(2)15-8-6-14(7-9-15)19-20-18-22(3)16-10-5-13(12-23)11-17(16)24-18/h5-11,23H,4,12H2,1-3H3/q+1. The van der Waals surface area contributed by atoms with Crippen molar-refractivity contribution in [2.45, 2.75) is 13.5 Å². The summed E-state index contributed by atoms with van der Waals surface area (Å²) in [5, 5.41) is 18.8. The van der Waals surface area contributed by atoms with Crippen molar-refractivity contribution >= 4 is 38.1 Å². The van der Waals surface area contributed by atoms with Gasteiger partial charge >= 0.3 is 5.13 Å². The largest absolute Gasteiger partial charge is 0.409 e. The topological polar surface area (TPSA) is 52.1 Å². The number of rotatable bonds is 5. The first-order chi connectivity index (χ1) is 11.6. The number of fused-ring (bicyclic) bond motifs is 1. The van der Waals surface area contributed by atoms with Crippen LogP contribution in [0.15, 0.2) is 52.7 Å². The molecule has 124 valence electrons. The Kier molecular flexibility index (Phi) is 4.87. The van der Waals surface area contributed by atoms with Gasteiger partial charge in [0, 0.05) is 19.3 Å². The van der Waals surface area contributed by atoms with Crippen LogP contribution in [0.5, 0.6) is 0 Å². The zero-order chi connectivity index (χ0) is 17.1. The Morgan fingerprint density at radius 1 is 1.12 bits per heavy atom. The van der Waals surface area contributed by atoms with E-state index in [1.165, 1.54) is 5.69 Å². The lowest BCUT2D eigenvalue weighted by Gasteiger charge is -2.15. The van der Waals surface area contributed by atoms with E-state index < -0.39 is 0 Å². The van der Waals surface area contributed by atoms with Crippen LogP contribution in [0.1, 0.15) is 12.5 Å². The lowest BCUT2D eigenvalue weighted by Crippen LogP contribution is -2.25. The molecular weight excluding hydrogens is 320 g/mol. The fraction of sp³-hybridized carbons (Fsp3) is 0.278. The molecule has 1 heterocycles. The number of azo groups is 1. The van der Waals surface area contributed by atoms with E-state index >= 15 is 0 Å². The van der Waals surface area contributed by atoms with Crippen LogP contribution in [-0.4, -0.2) is 18.7 Å². The van der Waals surface area contributed by atoms with Gasteiger partial charge in [-0.15, -0.1) is 0 Å². The first-order valence-corrected chi connectivity index (χ1v) is 8.69. The molecule has 0 bridgehead atoms. The molecule has 5 nitrogen and oxygen atoms in total. The van der Waals surface area contributed by atoms with E-state index in [0.29, 0.717) is 0 Å². The molecule has 0 saturated heterocycles. The van der Waals surface area contributed by atoms with E-state index in [9.17, 15) is 5.11 Å². The number of anilines is 1. The first kappa shape index (κ1) is 16.5. The number of thiazole rings is 1. The number of hydrogen-bond acceptors (Lipinski definition) is 5. The molecule has 0 aliphatic rings. The highest BCUT2D eigenvalue weighted by atomic mass is 32.1. The van der Waals surface area contributed by atoms with Crippen LogP contribution >= 0.6 is 11.3 Å². The lowest BCUT2D eigenvalue weighted by molar-refractivity contribution is -0.627. The molecule has 0 saturated carbocycles. The summed E-state index contributed by atoms with van der Waals surface area (Å²) in [6.45, 7) is 3.14. The molecule has 1 aromatic heterocycles. The predicted octanol–water partition coefficient (Wildman–Crippen LogP) is 4.09. The van der Waals surface area contributed by atoms with Crippen molar-refractivity contribution in [3.63, 3.8) is 0 Å². The first-order valence-electron chi connectivity index (χ1n) is 7.87. The second kappa shape index (κ2) is 7.07. The van der Waals surface area contributed by atoms with Gasteiger partial charge in [-0.3, -0.25) is 0 Å². The number of benzene rings is 2. The minimum absolute atomic E-state index is 0.0486. The van der Waals surface area contributed by atoms with Gasteiger partial charge in [0.25, 0.3) is 0 Å². The Bertz CT molecular complexity index is 871. The number of hydrogen-bond donors (Lipinski definition) is 1. The van der Waals surface area contributed by atoms with Gasteiger partial charge in [0.1, 0.15) is 11.2 Å². The maximum atomic E-state index is 9.26. The van der Waals surface area contributed by atoms with Crippen LogP contribution in [0.4, 0.5) is 16.5 Å². The normalized spacial score (nSPS) is 11.5. The average molecular weight is 341 g/mol. The van der Waals surface area contributed by atoms with E-state index in [1.54, 1.807) is 11.3 Å². The molecule has 6 heteroatoms. The van der Waals surface area contributed by atoms with Crippen molar-refractivity contribution in [3.05, 3.63) is 48.0 Å². The number of nitrogens with zero attached hydrogens (tertiary/aromatic N) is 4. The number of aryl methyl sites for hydroxylation is 1. The van der Waals surface area contributed by atoms with E-state index in [2.05, 4.69) is 41.2 Å². The van der Waals surface area contributed by atoms with E-state index in [1.807, 2.05) is 41.9 Å². The summed E-state index contributed by atoms with van der Waals surface area (Å²) in [7, 11) is 4.04. The summed E-state index contributed by atoms with van der Waals surface area (Å²) in [6, 6.07) is 14.0. The van der Waals surface area contributed by atoms with Gasteiger partial charge in [0.2, 0.25) is 0 Å². The van der Waals surface area contributed by atoms with Gasteiger partial charge in [0.05, 0.1) is 23.5 Å². The smallest absolute Gasteiger partial charge is 0.392 e. The molecule has 2 aromatic carbocycles. The second-order valence-electron chi connectivity index (χ2n) is 5.63. The van der Waals surface area contributed by atoms with Gasteiger partial charge in [-0.2, -0.15) is 0 Å². The van der Waals surface area contributed by atoms with Crippen molar-refractivity contribution in [3.8, 4) is 0 Å². The van der Waals surface area contributed by atoms with Crippen LogP contribution < -0.4 is 9.47 Å². The second-order valence-corrected chi connectivity index (χ2v) is 6.64. The van der Waals surface area contributed by atoms with E-state index in [4.69, 9.17) is 0 Å². The highest BCUT2D eigenvalue weighted by Gasteiger charge is 2.16. The van der Waals surface area contributed by atoms with Gasteiger partial charge < -0.3 is 10.0 Å². The van der Waals surface area contributed by atoms with Crippen LogP contribution in [0.3, 0.4) is 0 Å². The zero-order valence-corrected chi connectivity index (χ0v) is 14.9. The van der Waals surface area contributed by atoms with E-state index in [0.717, 1.165) is 33.1 Å². The Morgan fingerprint density at radius 2 is 1.88 bits per heavy atom. The molecule has 0 atom stereocenters. The average Bonchev–Trinajstić information content (AvgIpc) is 2.95. The summed E-state index contributed by atoms with van der Waals surface area (Å²) < 4.78 is 3.11. The monoisotopic (exact) mass is 341 g/mol. The highest BCUT2D eigenvalue weighted by Crippen LogP contribution is 2.28. The summed E-state index contributed by atoms with van der Waals surface area (Å²) in [5.74, 6) is 0. The molecule has 0 amide bonds. The summed E-state index contributed by atoms with van der Waals surface area (Å²) in [5.41, 5.74) is 3.99. The number of aromatic nitrogens is 1. The van der Waals surface area contributed by atoms with Gasteiger partial charge in [-0.05, 0) is 65.3 Å². The van der Waals surface area contributed by atoms with Crippen LogP contribution in [0, 0.1) is 0 Å². The third kappa shape index (κ3) is 3.29. The molecule has 24 heavy (non-hydrogen) atoms. The van der Waals surface area contributed by atoms with Crippen molar-refractivity contribution < 1.29 is 9.67 Å². The summed E-state index contributed by atoms with van der Waals surface area (Å²) in [4.78, 5) is 2.17. The zero-order valence-electron chi connectivity index (χ0n) is 14.1. The van der Waals surface area contributed by atoms with Gasteiger partial charge in [0.15, 0.2) is 0 Å². The maximum Gasteiger partial charge on any atom is 0.409 e. The minimum Gasteiger partial charge on any atom is -0.392 e. The Balaban J connectivity index is 1.86. The van der Waals surface area contributed by atoms with Crippen molar-refractivity contribution in [1.82, 2.24) is 0 Å². The van der Waals surface area contributed by atoms with Crippen molar-refractivity contribution in [2.75, 3.05) is 18.5 Å². The van der Waals surface area contributed by atoms with Crippen molar-refractivity contribution in [2.24, 2.45) is 17.3 Å². The third-order valence-electron chi connectivity index (χ3n) is 4.07. The number of aliphatic hydroxyl groups excluding tert-OH is 1. The van der Waals surface area contributed by atoms with Crippen molar-refractivity contribution in [1.29, 1.82) is 0 Å². The fourth-order valence-electron chi connectivity index (χ4n) is 2.43. The van der Waals surface area contributed by atoms with Gasteiger partial charge in [-0.1, -0.05) is 6.07 Å². The van der Waals surface area contributed by atoms with Crippen LogP contribution in [0.2, 0.25) is 0 Å². The lowest BCUT2D eigenvalue weighted by atomic mass is 10.2. The molecule has 0 aliphatic carbocycles. The number of aliphatic hydroxyl groups is 1. The van der Waals surface area contributed by atoms with E-state index in [-0.39, 0.29) is 6.61 Å². The van der Waals surface area contributed by atoms with Crippen LogP contribution in [0.25, 0.3) is 10.2 Å². The Labute approximate surface area is 145 Å². The molecule has 0 radical (unpaired) electrons. The molecule has 0 spiro atoms. The van der Waals surface area contributed by atoms with Crippen LogP contribution in [-0.2, 0) is 13.7 Å². The molecule has 0 unspecified atom stereocenters. The highest BCUT2D eigenvalue weighted by molar-refractivity contribution is 7.21. The Hall–Kier alpha value is -2.31. The van der Waals surface area contributed by atoms with Gasteiger partial charge in [-0.25, -0.2) is 4.57 Å². The quantitative estimate of drug-likeness (QED) is 0.561. The minimum atomic E-state index is 0.0486. The molecule has 3 rings (SSSR count). The molecule has 0 aliphatic heterocycles. The Morgan fingerprint density at radius 3 is 2.54 bits per heavy atom. The summed E-state index contributed by atoms with van der Waals surface area (Å²) in [6.07, 6.45) is 0. The maximum absolute atomic E-state index is 9.26.